The molecule has 0 aromatic carbocycles. The van der Waals surface area contributed by atoms with Gasteiger partial charge in [0.25, 0.3) is 0 Å². The predicted octanol–water partition coefficient (Wildman–Crippen LogP) is 5.07. The fraction of sp³-hybridized carbons (Fsp3) is 0.724. The fourth-order valence-electron chi connectivity index (χ4n) is 4.46. The number of pyridine rings is 1. The van der Waals surface area contributed by atoms with Gasteiger partial charge in [-0.3, -0.25) is 14.5 Å². The predicted molar refractivity (Wildman–Crippen MR) is 148 cm³/mol. The molecule has 0 radical (unpaired) electrons. The van der Waals surface area contributed by atoms with Crippen molar-refractivity contribution in [1.29, 1.82) is 0 Å². The number of rotatable bonds is 11. The topological polar surface area (TPSA) is 98.3 Å². The zero-order valence-electron chi connectivity index (χ0n) is 24.7. The van der Waals surface area contributed by atoms with Crippen LogP contribution < -0.4 is 9.64 Å². The van der Waals surface area contributed by atoms with E-state index in [0.29, 0.717) is 37.7 Å². The molecule has 1 saturated heterocycles. The number of ether oxygens (including phenoxy) is 3. The zero-order valence-corrected chi connectivity index (χ0v) is 24.7. The lowest BCUT2D eigenvalue weighted by atomic mass is 9.86. The van der Waals surface area contributed by atoms with Gasteiger partial charge in [0.05, 0.1) is 12.5 Å². The second-order valence-electron chi connectivity index (χ2n) is 11.9. The van der Waals surface area contributed by atoms with Crippen LogP contribution in [0.3, 0.4) is 0 Å². The van der Waals surface area contributed by atoms with Crippen LogP contribution >= 0.6 is 0 Å². The third kappa shape index (κ3) is 9.26. The first-order chi connectivity index (χ1) is 17.7. The van der Waals surface area contributed by atoms with Gasteiger partial charge in [-0.1, -0.05) is 27.7 Å². The molecule has 9 heteroatoms. The molecule has 0 aliphatic carbocycles. The Morgan fingerprint density at radius 3 is 2.32 bits per heavy atom. The minimum absolute atomic E-state index is 0.0439. The number of nitrogens with zero attached hydrogens (tertiary/aromatic N) is 3. The lowest BCUT2D eigenvalue weighted by molar-refractivity contribution is -0.128. The van der Waals surface area contributed by atoms with Crippen molar-refractivity contribution < 1.29 is 28.6 Å². The van der Waals surface area contributed by atoms with E-state index in [1.807, 2.05) is 19.9 Å². The van der Waals surface area contributed by atoms with E-state index in [-0.39, 0.29) is 36.6 Å². The number of hydrogen-bond acceptors (Lipinski definition) is 7. The van der Waals surface area contributed by atoms with Gasteiger partial charge in [0.1, 0.15) is 23.0 Å². The fourth-order valence-corrected chi connectivity index (χ4v) is 4.46. The molecule has 1 aromatic heterocycles. The van der Waals surface area contributed by atoms with Crippen LogP contribution in [0.2, 0.25) is 0 Å². The first kappa shape index (κ1) is 31.5. The first-order valence-corrected chi connectivity index (χ1v) is 13.6. The van der Waals surface area contributed by atoms with Crippen LogP contribution in [0.5, 0.6) is 5.75 Å². The number of likely N-dealkylation sites (tertiary alicyclic amines) is 1. The van der Waals surface area contributed by atoms with Crippen LogP contribution in [0, 0.1) is 17.8 Å². The highest BCUT2D eigenvalue weighted by molar-refractivity contribution is 5.95. The van der Waals surface area contributed by atoms with Gasteiger partial charge < -0.3 is 19.1 Å². The summed E-state index contributed by atoms with van der Waals surface area (Å²) in [5.41, 5.74) is 0.291. The molecule has 1 aliphatic rings. The molecule has 2 heterocycles. The molecule has 9 nitrogen and oxygen atoms in total. The Labute approximate surface area is 228 Å². The summed E-state index contributed by atoms with van der Waals surface area (Å²) in [6.07, 6.45) is 2.39. The highest BCUT2D eigenvalue weighted by Crippen LogP contribution is 2.32. The molecular formula is C29H47N3O6. The number of carbonyl (C=O) groups is 3. The summed E-state index contributed by atoms with van der Waals surface area (Å²) in [5, 5.41) is 0. The molecule has 2 amide bonds. The largest absolute Gasteiger partial charge is 0.493 e. The Morgan fingerprint density at radius 2 is 1.76 bits per heavy atom. The molecule has 1 aliphatic heterocycles. The van der Waals surface area contributed by atoms with E-state index in [1.54, 1.807) is 39.0 Å². The van der Waals surface area contributed by atoms with Crippen molar-refractivity contribution >= 4 is 23.6 Å². The number of carbonyl (C=O) groups excluding carboxylic acids is 3. The molecule has 2 rings (SSSR count). The number of methoxy groups -OCH3 is 1. The monoisotopic (exact) mass is 533 g/mol. The Bertz CT molecular complexity index is 956. The Kier molecular flexibility index (Phi) is 11.6. The quantitative estimate of drug-likeness (QED) is 0.366. The molecular weight excluding hydrogens is 486 g/mol. The van der Waals surface area contributed by atoms with Crippen LogP contribution in [0.4, 0.5) is 10.6 Å². The molecule has 214 valence electrons. The summed E-state index contributed by atoms with van der Waals surface area (Å²) in [4.78, 5) is 47.1. The second-order valence-corrected chi connectivity index (χ2v) is 11.9. The normalized spacial score (nSPS) is 18.0. The number of piperidine rings is 1. The van der Waals surface area contributed by atoms with Gasteiger partial charge in [-0.2, -0.15) is 0 Å². The van der Waals surface area contributed by atoms with Crippen molar-refractivity contribution in [2.75, 3.05) is 44.9 Å². The average molecular weight is 534 g/mol. The SMILES string of the molecule is COCCCOc1cc(N(CC(C)C)C(=O)[C@@H]2C[C@H](C(C)=O)CN(C(=O)OC(C)(C)C)C2)ncc1C(C)C. The zero-order chi connectivity index (χ0) is 28.6. The third-order valence-corrected chi connectivity index (χ3v) is 6.37. The Hall–Kier alpha value is -2.68. The summed E-state index contributed by atoms with van der Waals surface area (Å²) in [6.45, 7) is 17.1. The van der Waals surface area contributed by atoms with E-state index in [2.05, 4.69) is 18.8 Å². The van der Waals surface area contributed by atoms with Crippen molar-refractivity contribution in [3.8, 4) is 5.75 Å². The van der Waals surface area contributed by atoms with Crippen LogP contribution in [0.1, 0.15) is 79.7 Å². The summed E-state index contributed by atoms with van der Waals surface area (Å²) in [7, 11) is 1.66. The van der Waals surface area contributed by atoms with Gasteiger partial charge >= 0.3 is 6.09 Å². The van der Waals surface area contributed by atoms with E-state index in [1.165, 1.54) is 11.8 Å². The van der Waals surface area contributed by atoms with Gasteiger partial charge in [-0.25, -0.2) is 9.78 Å². The van der Waals surface area contributed by atoms with Crippen LogP contribution in [0.25, 0.3) is 0 Å². The minimum atomic E-state index is -0.675. The van der Waals surface area contributed by atoms with E-state index in [4.69, 9.17) is 14.2 Å². The number of Topliss-reactive ketones (excluding diaryl/α,β-unsaturated/α-hetero) is 1. The van der Waals surface area contributed by atoms with Crippen LogP contribution in [-0.2, 0) is 19.1 Å². The van der Waals surface area contributed by atoms with Gasteiger partial charge in [-0.05, 0) is 46.0 Å². The van der Waals surface area contributed by atoms with E-state index >= 15 is 0 Å². The molecule has 0 N–H and O–H groups in total. The molecule has 0 spiro atoms. The summed E-state index contributed by atoms with van der Waals surface area (Å²) >= 11 is 0. The molecule has 0 saturated carbocycles. The third-order valence-electron chi connectivity index (χ3n) is 6.37. The van der Waals surface area contributed by atoms with E-state index in [0.717, 1.165) is 12.0 Å². The molecule has 38 heavy (non-hydrogen) atoms. The number of hydrogen-bond donors (Lipinski definition) is 0. The number of amides is 2. The Balaban J connectivity index is 2.39. The molecule has 1 fully saturated rings. The summed E-state index contributed by atoms with van der Waals surface area (Å²) < 4.78 is 16.8. The van der Waals surface area contributed by atoms with Gasteiger partial charge in [-0.15, -0.1) is 0 Å². The van der Waals surface area contributed by atoms with Crippen molar-refractivity contribution in [1.82, 2.24) is 9.88 Å². The lowest BCUT2D eigenvalue weighted by Gasteiger charge is -2.38. The maximum absolute atomic E-state index is 14.0. The van der Waals surface area contributed by atoms with Crippen molar-refractivity contribution in [3.63, 3.8) is 0 Å². The summed E-state index contributed by atoms with van der Waals surface area (Å²) in [6, 6.07) is 1.83. The Morgan fingerprint density at radius 1 is 1.11 bits per heavy atom. The minimum Gasteiger partial charge on any atom is -0.493 e. The van der Waals surface area contributed by atoms with E-state index < -0.39 is 23.5 Å². The highest BCUT2D eigenvalue weighted by Gasteiger charge is 2.39. The van der Waals surface area contributed by atoms with Gasteiger partial charge in [0.2, 0.25) is 5.91 Å². The molecule has 0 unspecified atom stereocenters. The van der Waals surface area contributed by atoms with E-state index in [9.17, 15) is 14.4 Å². The molecule has 0 bridgehead atoms. The molecule has 1 aromatic rings. The van der Waals surface area contributed by atoms with Gasteiger partial charge in [0.15, 0.2) is 0 Å². The number of anilines is 1. The van der Waals surface area contributed by atoms with Crippen molar-refractivity contribution in [2.45, 2.75) is 79.8 Å². The maximum Gasteiger partial charge on any atom is 0.410 e. The highest BCUT2D eigenvalue weighted by atomic mass is 16.6. The number of ketones is 1. The van der Waals surface area contributed by atoms with Crippen molar-refractivity contribution in [3.05, 3.63) is 17.8 Å². The smallest absolute Gasteiger partial charge is 0.410 e. The van der Waals surface area contributed by atoms with Crippen LogP contribution in [0.15, 0.2) is 12.3 Å². The van der Waals surface area contributed by atoms with Crippen molar-refractivity contribution in [2.24, 2.45) is 17.8 Å². The maximum atomic E-state index is 14.0. The first-order valence-electron chi connectivity index (χ1n) is 13.6. The standard InChI is InChI=1S/C29H47N3O6/c1-19(2)16-32(26-14-25(37-12-10-11-36-9)24(15-30-26)20(3)4)27(34)23-13-22(21(5)33)17-31(18-23)28(35)38-29(6,7)8/h14-15,19-20,22-23H,10-13,16-18H2,1-9H3/t22-,23+/m0/s1. The number of aromatic nitrogens is 1. The average Bonchev–Trinajstić information content (AvgIpc) is 2.83. The molecule has 2 atom stereocenters. The summed E-state index contributed by atoms with van der Waals surface area (Å²) in [5.74, 6) is 0.382. The van der Waals surface area contributed by atoms with Gasteiger partial charge in [0, 0.05) is 63.5 Å². The second kappa shape index (κ2) is 13.9. The lowest BCUT2D eigenvalue weighted by Crippen LogP contribution is -2.52. The van der Waals surface area contributed by atoms with Crippen LogP contribution in [-0.4, -0.2) is 73.2 Å².